The number of carboxylic acids is 6. The van der Waals surface area contributed by atoms with Crippen molar-refractivity contribution in [3.63, 3.8) is 0 Å². The van der Waals surface area contributed by atoms with Crippen LogP contribution in [0.4, 0.5) is 56.9 Å². The third-order valence-corrected chi connectivity index (χ3v) is 15.5. The van der Waals surface area contributed by atoms with E-state index in [0.717, 1.165) is 36.4 Å². The number of aromatic carboxylic acids is 1. The van der Waals surface area contributed by atoms with Crippen LogP contribution in [0.1, 0.15) is 163 Å². The van der Waals surface area contributed by atoms with E-state index in [0.29, 0.717) is 50.7 Å². The van der Waals surface area contributed by atoms with Gasteiger partial charge in [0.2, 0.25) is 0 Å². The molecule has 43 heteroatoms. The Bertz CT molecular complexity index is 5750. The van der Waals surface area contributed by atoms with Crippen LogP contribution in [0, 0.1) is 40.2 Å². The predicted octanol–water partition coefficient (Wildman–Crippen LogP) is 17.0. The number of ether oxygens (including phenoxy) is 4. The van der Waals surface area contributed by atoms with E-state index in [1.807, 2.05) is 0 Å². The second-order valence-corrected chi connectivity index (χ2v) is 31.2. The number of azo groups is 1. The largest absolute Gasteiger partial charge is 0.507 e. The number of nitro groups is 3. The van der Waals surface area contributed by atoms with Crippen molar-refractivity contribution < 1.29 is 138 Å². The summed E-state index contributed by atoms with van der Waals surface area (Å²) in [5, 5.41) is 143. The normalized spacial score (nSPS) is 10.4. The summed E-state index contributed by atoms with van der Waals surface area (Å²) in [6.45, 7) is 20.7. The second-order valence-electron chi connectivity index (χ2n) is 31.2. The molecular formula is C91H98N10O33. The van der Waals surface area contributed by atoms with E-state index in [9.17, 15) is 109 Å². The Morgan fingerprint density at radius 2 is 0.582 bits per heavy atom. The van der Waals surface area contributed by atoms with Crippen molar-refractivity contribution in [2.45, 2.75) is 138 Å². The molecular weight excluding hydrogens is 1760 g/mol. The van der Waals surface area contributed by atoms with Crippen LogP contribution in [-0.4, -0.2) is 153 Å². The molecule has 0 saturated heterocycles. The molecule has 0 bridgehead atoms. The van der Waals surface area contributed by atoms with Crippen molar-refractivity contribution >= 4 is 117 Å². The van der Waals surface area contributed by atoms with Crippen LogP contribution >= 0.6 is 0 Å². The van der Waals surface area contributed by atoms with Crippen molar-refractivity contribution in [3.05, 3.63) is 308 Å². The number of hydrogen-bond acceptors (Lipinski definition) is 34. The van der Waals surface area contributed by atoms with Crippen molar-refractivity contribution in [2.24, 2.45) is 20.6 Å². The molecule has 710 valence electrons. The molecule has 0 spiro atoms. The molecule has 0 aliphatic carbocycles. The maximum absolute atomic E-state index is 12.2. The van der Waals surface area contributed by atoms with Gasteiger partial charge >= 0.3 is 59.7 Å². The second kappa shape index (κ2) is 53.2. The Balaban J connectivity index is 0.000000517. The van der Waals surface area contributed by atoms with E-state index in [4.69, 9.17) is 71.9 Å². The zero-order valence-corrected chi connectivity index (χ0v) is 74.0. The summed E-state index contributed by atoms with van der Waals surface area (Å²) in [6.07, 6.45) is -0.832. The minimum Gasteiger partial charge on any atom is -0.507 e. The van der Waals surface area contributed by atoms with Crippen LogP contribution in [0.5, 0.6) is 28.7 Å². The third-order valence-electron chi connectivity index (χ3n) is 15.5. The quantitative estimate of drug-likeness (QED) is 0.00438. The van der Waals surface area contributed by atoms with Crippen molar-refractivity contribution in [1.82, 2.24) is 0 Å². The van der Waals surface area contributed by atoms with Crippen LogP contribution < -0.4 is 17.2 Å². The Kier molecular flexibility index (Phi) is 44.6. The zero-order chi connectivity index (χ0) is 102. The predicted molar refractivity (Wildman–Crippen MR) is 485 cm³/mol. The highest BCUT2D eigenvalue weighted by atomic mass is 16.6. The molecule has 0 saturated carbocycles. The Labute approximate surface area is 763 Å². The number of nitrogens with two attached hydrogens (primary N) is 3. The standard InChI is InChI=1S/C19H20N2O5.C11H13NO5.2C11H15NO3.C8H7NO4.2C8H7NO3.C8H9NO2.C7H5NO5/c1-19(2,3)26-18(25)14-11-13(8-9-16(14)22)20-21-15-7-5-4-6-12(15)10-17(23)24;1-11(2,3)17-10(14)8-6-7(12(15)16)4-5-9(8)13;2*1-11(2,3)15-10(14)8-6-7(12)4-5-9(8)13;10-8(11)5-6-3-1-2-4-7(6)9(12)13;2*10-8(11)5-6-3-1-2-4-7(6)9-12;9-7-4-2-1-3-6(7)5-8(10)11;9-6-2-1-4(8(12)13)3-5(6)7(10)11/h4-9,11,22H,10H2,1-3H3,(H,23,24);4-6,13H,1-3H3;2*4-6,13H,12H2,1-3H3;1-4H,5H2,(H,10,11);2*1-4H,5H2,(H,10,11);1-4H,5,9H2,(H,10,11);1-3,9H,(H,10,11). The van der Waals surface area contributed by atoms with Gasteiger partial charge in [0, 0.05) is 53.0 Å². The van der Waals surface area contributed by atoms with Crippen molar-refractivity contribution in [1.29, 1.82) is 0 Å². The van der Waals surface area contributed by atoms with E-state index in [1.165, 1.54) is 84.9 Å². The summed E-state index contributed by atoms with van der Waals surface area (Å²) in [5.41, 5.74) is 17.4. The summed E-state index contributed by atoms with van der Waals surface area (Å²) in [5.74, 6) is -10.2. The third kappa shape index (κ3) is 43.7. The van der Waals surface area contributed by atoms with Crippen molar-refractivity contribution in [3.8, 4) is 28.7 Å². The first-order valence-electron chi connectivity index (χ1n) is 38.8. The highest BCUT2D eigenvalue weighted by Gasteiger charge is 2.27. The molecule has 134 heavy (non-hydrogen) atoms. The fraction of sp³-hybridized carbons (Fsp3) is 0.231. The molecule has 0 fully saturated rings. The van der Waals surface area contributed by atoms with Gasteiger partial charge in [-0.2, -0.15) is 10.2 Å². The highest BCUT2D eigenvalue weighted by Crippen LogP contribution is 2.32. The van der Waals surface area contributed by atoms with E-state index >= 15 is 0 Å². The van der Waals surface area contributed by atoms with Gasteiger partial charge in [-0.25, -0.2) is 24.0 Å². The number of aromatic hydroxyl groups is 5. The van der Waals surface area contributed by atoms with Crippen molar-refractivity contribution in [2.75, 3.05) is 17.2 Å². The van der Waals surface area contributed by atoms with E-state index in [2.05, 4.69) is 20.6 Å². The molecule has 0 radical (unpaired) electrons. The molecule has 0 unspecified atom stereocenters. The molecule has 0 atom stereocenters. The molecule has 0 aromatic heterocycles. The summed E-state index contributed by atoms with van der Waals surface area (Å²) in [4.78, 5) is 159. The number of hydrogen-bond donors (Lipinski definition) is 14. The number of nitro benzene ring substituents is 3. The first kappa shape index (κ1) is 112. The molecule has 0 aliphatic heterocycles. The lowest BCUT2D eigenvalue weighted by Crippen LogP contribution is -2.24. The number of anilines is 3. The number of phenolic OH excluding ortho intramolecular Hbond substituents is 4. The topological polar surface area (TPSA) is 721 Å². The van der Waals surface area contributed by atoms with Crippen LogP contribution in [0.15, 0.2) is 233 Å². The number of nitrogen functional groups attached to an aromatic ring is 3. The monoisotopic (exact) mass is 1860 g/mol. The number of carbonyl (C=O) groups excluding carboxylic acids is 4. The fourth-order valence-corrected chi connectivity index (χ4v) is 9.84. The Hall–Kier alpha value is -17.7. The average Bonchev–Trinajstić information content (AvgIpc) is 0.667. The smallest absolute Gasteiger partial charge is 0.342 e. The first-order chi connectivity index (χ1) is 62.2. The number of carboxylic acid groups (broad SMARTS) is 6. The van der Waals surface area contributed by atoms with Gasteiger partial charge in [-0.15, -0.1) is 9.81 Å². The van der Waals surface area contributed by atoms with E-state index in [1.54, 1.807) is 174 Å². The van der Waals surface area contributed by atoms with Gasteiger partial charge in [0.1, 0.15) is 90.3 Å². The van der Waals surface area contributed by atoms with Gasteiger partial charge < -0.3 is 92.3 Å². The lowest BCUT2D eigenvalue weighted by Gasteiger charge is -2.19. The summed E-state index contributed by atoms with van der Waals surface area (Å²) in [7, 11) is 0. The zero-order valence-electron chi connectivity index (χ0n) is 74.0. The molecule has 10 aromatic carbocycles. The van der Waals surface area contributed by atoms with Crippen LogP contribution in [0.2, 0.25) is 0 Å². The first-order valence-corrected chi connectivity index (χ1v) is 38.8. The van der Waals surface area contributed by atoms with Gasteiger partial charge in [0.25, 0.3) is 17.1 Å². The summed E-state index contributed by atoms with van der Waals surface area (Å²) < 4.78 is 20.5. The molecule has 0 heterocycles. The molecule has 10 rings (SSSR count). The highest BCUT2D eigenvalue weighted by molar-refractivity contribution is 5.96. The number of para-hydroxylation sites is 2. The molecule has 17 N–H and O–H groups in total. The van der Waals surface area contributed by atoms with Gasteiger partial charge in [-0.05, 0) is 207 Å². The lowest BCUT2D eigenvalue weighted by atomic mass is 10.1. The molecule has 43 nitrogen and oxygen atoms in total. The summed E-state index contributed by atoms with van der Waals surface area (Å²) >= 11 is 0. The van der Waals surface area contributed by atoms with Gasteiger partial charge in [-0.1, -0.05) is 91.0 Å². The number of nitrogens with zero attached hydrogens (tertiary/aromatic N) is 7. The maximum Gasteiger partial charge on any atom is 0.342 e. The van der Waals surface area contributed by atoms with Gasteiger partial charge in [-0.3, -0.25) is 54.3 Å². The Morgan fingerprint density at radius 1 is 0.313 bits per heavy atom. The number of carbonyl (C=O) groups is 10. The van der Waals surface area contributed by atoms with Crippen LogP contribution in [0.3, 0.4) is 0 Å². The van der Waals surface area contributed by atoms with E-state index < -0.39 is 108 Å². The van der Waals surface area contributed by atoms with Gasteiger partial charge in [0.15, 0.2) is 0 Å². The van der Waals surface area contributed by atoms with E-state index in [-0.39, 0.29) is 111 Å². The molecule has 0 amide bonds. The lowest BCUT2D eigenvalue weighted by molar-refractivity contribution is -0.385. The number of esters is 4. The minimum absolute atomic E-state index is 0.00727. The number of rotatable bonds is 22. The number of nitroso groups, excluding NO2 is 2. The minimum atomic E-state index is -1.40. The average molecular weight is 1860 g/mol. The van der Waals surface area contributed by atoms with Gasteiger partial charge in [0.05, 0.1) is 58.2 Å². The Morgan fingerprint density at radius 3 is 0.910 bits per heavy atom. The number of benzene rings is 10. The molecule has 10 aromatic rings. The molecule has 0 aliphatic rings. The van der Waals surface area contributed by atoms with Crippen LogP contribution in [-0.2, 0) is 75.0 Å². The number of aliphatic carboxylic acids is 5. The fourth-order valence-electron chi connectivity index (χ4n) is 9.84. The van der Waals surface area contributed by atoms with Crippen LogP contribution in [0.25, 0.3) is 0 Å². The number of non-ortho nitro benzene ring substituents is 2. The maximum atomic E-state index is 12.2. The number of phenols is 5. The summed E-state index contributed by atoms with van der Waals surface area (Å²) in [6, 6.07) is 51.0. The SMILES string of the molecule is CC(C)(C)OC(=O)c1cc(N)ccc1O.CC(C)(C)OC(=O)c1cc(N)ccc1O.CC(C)(C)OC(=O)c1cc(N=Nc2ccccc2CC(=O)O)ccc1O.CC(C)(C)OC(=O)c1cc([N+](=O)[O-])ccc1O.Nc1ccccc1CC(=O)O.O=C(O)Cc1ccccc1[N+](=O)[O-].O=C(O)c1cc([N+](=O)[O-])ccc1O.O=Nc1ccccc1CC(=O)O.O=Nc1ccccc1CC(=O)O.